The molecule has 0 aliphatic carbocycles. The van der Waals surface area contributed by atoms with E-state index in [9.17, 15) is 24.6 Å². The van der Waals surface area contributed by atoms with E-state index in [1.165, 1.54) is 17.0 Å². The van der Waals surface area contributed by atoms with Crippen LogP contribution >= 0.6 is 46.4 Å². The molecule has 15 heteroatoms. The normalized spacial score (nSPS) is 15.8. The Bertz CT molecular complexity index is 1380. The Morgan fingerprint density at radius 3 is 2.16 bits per heavy atom. The lowest BCUT2D eigenvalue weighted by molar-refractivity contribution is -0.194. The molecule has 1 aliphatic rings. The number of alkyl halides is 3. The average Bonchev–Trinajstić information content (AvgIpc) is 3.29. The molecule has 1 amide bonds. The SMILES string of the molecule is C[C@H](Cc1ccc2c(c1)OC(C(=O)O)(C(=O)O)O2)N(C[C@H](O[Si](C)(C)C(C)(C)C)c1cccc(Cl)c1)C(=O)OCC(Cl)(Cl)Cl. The molecule has 10 nitrogen and oxygen atoms in total. The van der Waals surface area contributed by atoms with Crippen molar-refractivity contribution in [2.45, 2.75) is 74.0 Å². The van der Waals surface area contributed by atoms with E-state index >= 15 is 0 Å². The minimum atomic E-state index is -2.90. The number of aliphatic carboxylic acids is 2. The molecule has 44 heavy (non-hydrogen) atoms. The summed E-state index contributed by atoms with van der Waals surface area (Å²) in [6.07, 6.45) is -1.14. The third-order valence-corrected chi connectivity index (χ3v) is 12.6. The van der Waals surface area contributed by atoms with Crippen LogP contribution in [0.5, 0.6) is 11.5 Å². The Morgan fingerprint density at radius 2 is 1.61 bits per heavy atom. The van der Waals surface area contributed by atoms with Crippen molar-refractivity contribution in [2.75, 3.05) is 13.2 Å². The van der Waals surface area contributed by atoms with E-state index in [4.69, 9.17) is 65.0 Å². The van der Waals surface area contributed by atoms with Crippen molar-refractivity contribution in [3.63, 3.8) is 0 Å². The smallest absolute Gasteiger partial charge is 0.453 e. The number of nitrogens with zero attached hydrogens (tertiary/aromatic N) is 1. The number of carboxylic acid groups (broad SMARTS) is 2. The van der Waals surface area contributed by atoms with Crippen molar-refractivity contribution in [3.05, 3.63) is 58.6 Å². The van der Waals surface area contributed by atoms with Gasteiger partial charge in [0, 0.05) is 11.1 Å². The molecule has 0 fully saturated rings. The van der Waals surface area contributed by atoms with Gasteiger partial charge in [0.1, 0.15) is 6.61 Å². The molecule has 0 unspecified atom stereocenters. The number of rotatable bonds is 11. The summed E-state index contributed by atoms with van der Waals surface area (Å²) in [7, 11) is -2.38. The van der Waals surface area contributed by atoms with Crippen molar-refractivity contribution in [2.24, 2.45) is 0 Å². The quantitative estimate of drug-likeness (QED) is 0.138. The third-order valence-electron chi connectivity index (χ3n) is 7.56. The van der Waals surface area contributed by atoms with Gasteiger partial charge in [-0.1, -0.05) is 85.4 Å². The van der Waals surface area contributed by atoms with Crippen LogP contribution in [-0.4, -0.2) is 70.2 Å². The van der Waals surface area contributed by atoms with Gasteiger partial charge >= 0.3 is 23.8 Å². The van der Waals surface area contributed by atoms with Crippen molar-refractivity contribution in [3.8, 4) is 11.5 Å². The van der Waals surface area contributed by atoms with E-state index in [2.05, 4.69) is 33.9 Å². The van der Waals surface area contributed by atoms with Gasteiger partial charge in [0.05, 0.1) is 12.6 Å². The molecular weight excluding hydrogens is 676 g/mol. The predicted octanol–water partition coefficient (Wildman–Crippen LogP) is 7.48. The van der Waals surface area contributed by atoms with Crippen LogP contribution in [0.15, 0.2) is 42.5 Å². The summed E-state index contributed by atoms with van der Waals surface area (Å²) >= 11 is 23.9. The Morgan fingerprint density at radius 1 is 1.00 bits per heavy atom. The highest BCUT2D eigenvalue weighted by atomic mass is 35.6. The summed E-state index contributed by atoms with van der Waals surface area (Å²) in [5.41, 5.74) is 1.35. The van der Waals surface area contributed by atoms with Gasteiger partial charge < -0.3 is 33.7 Å². The first kappa shape index (κ1) is 36.1. The number of halogens is 4. The molecule has 1 heterocycles. The highest BCUT2D eigenvalue weighted by Crippen LogP contribution is 2.42. The number of amides is 1. The van der Waals surface area contributed by atoms with E-state index in [0.29, 0.717) is 10.6 Å². The average molecular weight is 711 g/mol. The number of carboxylic acids is 2. The topological polar surface area (TPSA) is 132 Å². The summed E-state index contributed by atoms with van der Waals surface area (Å²) < 4.78 is 20.7. The zero-order valence-corrected chi connectivity index (χ0v) is 29.1. The van der Waals surface area contributed by atoms with Gasteiger partial charge in [-0.3, -0.25) is 0 Å². The Balaban J connectivity index is 1.96. The van der Waals surface area contributed by atoms with Crippen molar-refractivity contribution >= 4 is 72.8 Å². The first-order valence-electron chi connectivity index (χ1n) is 13.6. The van der Waals surface area contributed by atoms with Crippen molar-refractivity contribution in [1.29, 1.82) is 0 Å². The number of carbonyl (C=O) groups is 3. The van der Waals surface area contributed by atoms with Crippen LogP contribution in [0.2, 0.25) is 23.2 Å². The van der Waals surface area contributed by atoms with E-state index < -0.39 is 54.7 Å². The number of benzene rings is 2. The van der Waals surface area contributed by atoms with Crippen LogP contribution in [0.1, 0.15) is 44.9 Å². The molecule has 1 aliphatic heterocycles. The molecule has 0 aromatic heterocycles. The fourth-order valence-corrected chi connectivity index (χ4v) is 5.82. The van der Waals surface area contributed by atoms with Crippen LogP contribution in [0.4, 0.5) is 4.79 Å². The molecule has 0 spiro atoms. The minimum absolute atomic E-state index is 0.0473. The molecular formula is C29H35Cl4NO9Si. The minimum Gasteiger partial charge on any atom is -0.475 e. The maximum atomic E-state index is 13.5. The molecule has 3 rings (SSSR count). The number of fused-ring (bicyclic) bond motifs is 1. The summed E-state index contributed by atoms with van der Waals surface area (Å²) in [5, 5.41) is 19.3. The Kier molecular flexibility index (Phi) is 11.1. The molecule has 0 bridgehead atoms. The Hall–Kier alpha value is -2.41. The van der Waals surface area contributed by atoms with Crippen LogP contribution < -0.4 is 9.47 Å². The standard InChI is InChI=1S/C29H35Cl4NO9Si/c1-17(12-18-10-11-21-22(13-18)42-29(41-21,24(35)36)25(37)38)34(26(39)40-16-28(31,32)33)15-23(19-8-7-9-20(30)14-19)43-44(5,6)27(2,3)4/h7-11,13-14,17,23H,12,15-16H2,1-6H3,(H,35,36)(H,37,38)/t17-,23+/m1/s1. The Labute approximate surface area is 277 Å². The van der Waals surface area contributed by atoms with Crippen LogP contribution in [-0.2, 0) is 25.2 Å². The highest BCUT2D eigenvalue weighted by molar-refractivity contribution is 6.74. The zero-order valence-electron chi connectivity index (χ0n) is 25.0. The molecule has 2 atom stereocenters. The maximum Gasteiger partial charge on any atom is 0.453 e. The molecule has 0 saturated heterocycles. The number of ether oxygens (including phenoxy) is 3. The predicted molar refractivity (Wildman–Crippen MR) is 170 cm³/mol. The van der Waals surface area contributed by atoms with E-state index in [-0.39, 0.29) is 29.5 Å². The van der Waals surface area contributed by atoms with E-state index in [0.717, 1.165) is 5.56 Å². The second-order valence-electron chi connectivity index (χ2n) is 12.0. The number of carbonyl (C=O) groups excluding carboxylic acids is 1. The van der Waals surface area contributed by atoms with Crippen LogP contribution in [0, 0.1) is 0 Å². The lowest BCUT2D eigenvalue weighted by Gasteiger charge is -2.41. The molecule has 2 N–H and O–H groups in total. The number of hydrogen-bond acceptors (Lipinski definition) is 7. The van der Waals surface area contributed by atoms with Crippen LogP contribution in [0.3, 0.4) is 0 Å². The molecule has 0 radical (unpaired) electrons. The van der Waals surface area contributed by atoms with Gasteiger partial charge in [0.2, 0.25) is 3.79 Å². The van der Waals surface area contributed by atoms with Crippen molar-refractivity contribution < 1.29 is 43.2 Å². The zero-order chi connectivity index (χ0) is 33.3. The lowest BCUT2D eigenvalue weighted by Crippen LogP contribution is -2.54. The first-order chi connectivity index (χ1) is 20.1. The van der Waals surface area contributed by atoms with E-state index in [1.807, 2.05) is 6.07 Å². The second kappa shape index (κ2) is 13.5. The van der Waals surface area contributed by atoms with Crippen LogP contribution in [0.25, 0.3) is 0 Å². The van der Waals surface area contributed by atoms with Gasteiger partial charge in [-0.25, -0.2) is 14.4 Å². The van der Waals surface area contributed by atoms with Gasteiger partial charge in [-0.05, 0) is 66.9 Å². The number of hydrogen-bond donors (Lipinski definition) is 2. The summed E-state index contributed by atoms with van der Waals surface area (Å²) in [6, 6.07) is 11.1. The van der Waals surface area contributed by atoms with Gasteiger partial charge in [-0.15, -0.1) is 0 Å². The lowest BCUT2D eigenvalue weighted by atomic mass is 10.0. The molecule has 242 valence electrons. The van der Waals surface area contributed by atoms with Crippen molar-refractivity contribution in [1.82, 2.24) is 4.90 Å². The summed E-state index contributed by atoms with van der Waals surface area (Å²) in [4.78, 5) is 38.3. The monoisotopic (exact) mass is 709 g/mol. The molecule has 2 aromatic carbocycles. The largest absolute Gasteiger partial charge is 0.475 e. The van der Waals surface area contributed by atoms with Gasteiger partial charge in [-0.2, -0.15) is 0 Å². The summed E-state index contributed by atoms with van der Waals surface area (Å²) in [5.74, 6) is -6.64. The van der Waals surface area contributed by atoms with E-state index in [1.54, 1.807) is 31.2 Å². The first-order valence-corrected chi connectivity index (χ1v) is 18.0. The third kappa shape index (κ3) is 8.64. The second-order valence-corrected chi connectivity index (χ2v) is 19.7. The van der Waals surface area contributed by atoms with Gasteiger partial charge in [0.15, 0.2) is 19.8 Å². The summed E-state index contributed by atoms with van der Waals surface area (Å²) in [6.45, 7) is 11.8. The maximum absolute atomic E-state index is 13.5. The molecule has 0 saturated carbocycles. The molecule has 2 aromatic rings. The fourth-order valence-electron chi connectivity index (χ4n) is 4.18. The highest BCUT2D eigenvalue weighted by Gasteiger charge is 2.57. The fraction of sp³-hybridized carbons (Fsp3) is 0.483. The van der Waals surface area contributed by atoms with Gasteiger partial charge in [0.25, 0.3) is 0 Å².